The zero-order valence-corrected chi connectivity index (χ0v) is 20.3. The second-order valence-electron chi connectivity index (χ2n) is 9.47. The van der Waals surface area contributed by atoms with E-state index < -0.39 is 0 Å². The van der Waals surface area contributed by atoms with Crippen LogP contribution in [0.3, 0.4) is 0 Å². The molecule has 2 N–H and O–H groups in total. The molecule has 0 aromatic heterocycles. The van der Waals surface area contributed by atoms with Crippen LogP contribution in [0.2, 0.25) is 0 Å². The zero-order chi connectivity index (χ0) is 24.2. The van der Waals surface area contributed by atoms with E-state index in [0.29, 0.717) is 18.1 Å². The first-order valence-corrected chi connectivity index (χ1v) is 12.8. The number of nitrogens with zero attached hydrogens (tertiary/aromatic N) is 1. The molecule has 0 radical (unpaired) electrons. The quantitative estimate of drug-likeness (QED) is 0.260. The van der Waals surface area contributed by atoms with Gasteiger partial charge < -0.3 is 14.9 Å². The van der Waals surface area contributed by atoms with E-state index in [-0.39, 0.29) is 5.92 Å². The van der Waals surface area contributed by atoms with Gasteiger partial charge in [0.05, 0.1) is 0 Å². The lowest BCUT2D eigenvalue weighted by molar-refractivity contribution is 0.380. The molecule has 0 bridgehead atoms. The molecule has 0 saturated carbocycles. The number of ether oxygens (including phenoxy) is 1. The molecule has 0 spiro atoms. The molecule has 3 aromatic carbocycles. The number of aromatic hydroxyl groups is 2. The number of aliphatic imine (C=N–C) groups is 1. The van der Waals surface area contributed by atoms with Crippen molar-refractivity contribution in [3.05, 3.63) is 88.5 Å². The molecule has 5 rings (SSSR count). The maximum absolute atomic E-state index is 10.2. The van der Waals surface area contributed by atoms with Crippen LogP contribution in [0.5, 0.6) is 17.2 Å². The first-order chi connectivity index (χ1) is 17.2. The third kappa shape index (κ3) is 4.84. The summed E-state index contributed by atoms with van der Waals surface area (Å²) >= 11 is 0. The standard InChI is InChI=1S/C31H33NO3/c1-2-3-4-5-16-32-17-18-35-25-11-6-21(7-12-25)30-27-15-10-24(34)20-29(27)28-13-8-22-19-23(33)9-14-26(22)31(28)30/h6-7,9-12,14-15,17,19-20,30,33-34H,2-5,8,13,16,18H2,1H3. The average Bonchev–Trinajstić information content (AvgIpc) is 3.19. The van der Waals surface area contributed by atoms with Crippen molar-refractivity contribution >= 4 is 17.4 Å². The minimum absolute atomic E-state index is 0.0860. The van der Waals surface area contributed by atoms with Gasteiger partial charge in [-0.3, -0.25) is 4.99 Å². The summed E-state index contributed by atoms with van der Waals surface area (Å²) in [5.74, 6) is 1.52. The van der Waals surface area contributed by atoms with E-state index in [0.717, 1.165) is 37.1 Å². The van der Waals surface area contributed by atoms with Crippen molar-refractivity contribution in [2.45, 2.75) is 51.4 Å². The molecule has 1 atom stereocenters. The number of phenols is 2. The Morgan fingerprint density at radius 3 is 2.51 bits per heavy atom. The second-order valence-corrected chi connectivity index (χ2v) is 9.47. The molecular weight excluding hydrogens is 434 g/mol. The molecule has 2 aliphatic rings. The summed E-state index contributed by atoms with van der Waals surface area (Å²) in [4.78, 5) is 4.45. The fourth-order valence-corrected chi connectivity index (χ4v) is 5.44. The summed E-state index contributed by atoms with van der Waals surface area (Å²) in [5.41, 5.74) is 8.52. The number of phenolic OH excluding ortho intramolecular Hbond substituents is 2. The molecule has 0 saturated heterocycles. The highest BCUT2D eigenvalue weighted by Gasteiger charge is 2.36. The zero-order valence-electron chi connectivity index (χ0n) is 20.3. The Hall–Kier alpha value is -3.53. The van der Waals surface area contributed by atoms with Gasteiger partial charge in [-0.25, -0.2) is 0 Å². The van der Waals surface area contributed by atoms with Gasteiger partial charge in [0.25, 0.3) is 0 Å². The molecule has 4 heteroatoms. The fourth-order valence-electron chi connectivity index (χ4n) is 5.44. The van der Waals surface area contributed by atoms with Crippen LogP contribution in [0.1, 0.15) is 72.8 Å². The van der Waals surface area contributed by atoms with Crippen LogP contribution >= 0.6 is 0 Å². The first kappa shape index (κ1) is 23.2. The van der Waals surface area contributed by atoms with E-state index >= 15 is 0 Å². The van der Waals surface area contributed by atoms with E-state index in [9.17, 15) is 10.2 Å². The van der Waals surface area contributed by atoms with Gasteiger partial charge in [-0.05, 0) is 94.6 Å². The van der Waals surface area contributed by atoms with Gasteiger partial charge in [0.2, 0.25) is 0 Å². The Morgan fingerprint density at radius 1 is 0.886 bits per heavy atom. The van der Waals surface area contributed by atoms with E-state index in [1.165, 1.54) is 52.7 Å². The number of hydrogen-bond acceptors (Lipinski definition) is 4. The van der Waals surface area contributed by atoms with Crippen molar-refractivity contribution in [2.24, 2.45) is 4.99 Å². The summed E-state index contributed by atoms with van der Waals surface area (Å²) in [5, 5.41) is 20.2. The number of benzene rings is 3. The Labute approximate surface area is 207 Å². The van der Waals surface area contributed by atoms with Gasteiger partial charge in [-0.1, -0.05) is 50.5 Å². The molecule has 4 nitrogen and oxygen atoms in total. The predicted octanol–water partition coefficient (Wildman–Crippen LogP) is 7.13. The lowest BCUT2D eigenvalue weighted by Gasteiger charge is -2.24. The van der Waals surface area contributed by atoms with Crippen LogP contribution in [0.4, 0.5) is 0 Å². The summed E-state index contributed by atoms with van der Waals surface area (Å²) < 4.78 is 5.89. The highest BCUT2D eigenvalue weighted by Crippen LogP contribution is 2.55. The van der Waals surface area contributed by atoms with Crippen LogP contribution in [0, 0.1) is 0 Å². The van der Waals surface area contributed by atoms with Crippen LogP contribution in [0.15, 0.2) is 65.7 Å². The minimum atomic E-state index is 0.0860. The van der Waals surface area contributed by atoms with E-state index in [1.807, 2.05) is 36.5 Å². The third-order valence-corrected chi connectivity index (χ3v) is 7.12. The molecule has 35 heavy (non-hydrogen) atoms. The molecule has 2 aliphatic carbocycles. The van der Waals surface area contributed by atoms with Gasteiger partial charge in [0.15, 0.2) is 0 Å². The lowest BCUT2D eigenvalue weighted by atomic mass is 9.80. The van der Waals surface area contributed by atoms with Gasteiger partial charge in [-0.2, -0.15) is 0 Å². The summed E-state index contributed by atoms with van der Waals surface area (Å²) in [6.07, 6.45) is 8.55. The second kappa shape index (κ2) is 10.4. The Kier molecular flexibility index (Phi) is 6.89. The number of hydrogen-bond donors (Lipinski definition) is 2. The normalized spacial score (nSPS) is 16.3. The number of rotatable bonds is 9. The molecular formula is C31H33NO3. The van der Waals surface area contributed by atoms with Crippen molar-refractivity contribution in [1.82, 2.24) is 0 Å². The number of fused-ring (bicyclic) bond motifs is 4. The lowest BCUT2D eigenvalue weighted by Crippen LogP contribution is -2.07. The van der Waals surface area contributed by atoms with Crippen LogP contribution in [-0.4, -0.2) is 29.6 Å². The van der Waals surface area contributed by atoms with Crippen LogP contribution in [0.25, 0.3) is 11.1 Å². The van der Waals surface area contributed by atoms with Gasteiger partial charge in [0, 0.05) is 18.7 Å². The molecule has 0 fully saturated rings. The molecule has 1 unspecified atom stereocenters. The maximum atomic E-state index is 10.2. The predicted molar refractivity (Wildman–Crippen MR) is 143 cm³/mol. The average molecular weight is 468 g/mol. The van der Waals surface area contributed by atoms with Crippen LogP contribution < -0.4 is 4.74 Å². The highest BCUT2D eigenvalue weighted by atomic mass is 16.5. The number of unbranched alkanes of at least 4 members (excludes halogenated alkanes) is 3. The first-order valence-electron chi connectivity index (χ1n) is 12.8. The maximum Gasteiger partial charge on any atom is 0.123 e. The number of aryl methyl sites for hydroxylation is 1. The van der Waals surface area contributed by atoms with Gasteiger partial charge in [-0.15, -0.1) is 0 Å². The SMILES string of the molecule is CCCCCCN=CCOc1ccc(C2C3=C(CCc4cc(O)ccc43)c3cc(O)ccc32)cc1. The monoisotopic (exact) mass is 467 g/mol. The van der Waals surface area contributed by atoms with Crippen molar-refractivity contribution in [3.8, 4) is 17.2 Å². The smallest absolute Gasteiger partial charge is 0.123 e. The van der Waals surface area contributed by atoms with Crippen molar-refractivity contribution < 1.29 is 14.9 Å². The van der Waals surface area contributed by atoms with E-state index in [2.05, 4.69) is 30.1 Å². The van der Waals surface area contributed by atoms with Gasteiger partial charge in [0.1, 0.15) is 23.9 Å². The molecule has 0 aliphatic heterocycles. The van der Waals surface area contributed by atoms with E-state index in [4.69, 9.17) is 4.74 Å². The summed E-state index contributed by atoms with van der Waals surface area (Å²) in [6, 6.07) is 19.8. The van der Waals surface area contributed by atoms with Crippen molar-refractivity contribution in [3.63, 3.8) is 0 Å². The molecule has 0 heterocycles. The Bertz CT molecular complexity index is 1260. The minimum Gasteiger partial charge on any atom is -0.508 e. The number of allylic oxidation sites excluding steroid dienone is 2. The Balaban J connectivity index is 1.36. The highest BCUT2D eigenvalue weighted by molar-refractivity contribution is 6.03. The Morgan fingerprint density at radius 2 is 1.69 bits per heavy atom. The topological polar surface area (TPSA) is 62.0 Å². The van der Waals surface area contributed by atoms with Crippen molar-refractivity contribution in [1.29, 1.82) is 0 Å². The van der Waals surface area contributed by atoms with Crippen molar-refractivity contribution in [2.75, 3.05) is 13.2 Å². The molecule has 0 amide bonds. The summed E-state index contributed by atoms with van der Waals surface area (Å²) in [6.45, 7) is 3.56. The van der Waals surface area contributed by atoms with Crippen LogP contribution in [-0.2, 0) is 6.42 Å². The third-order valence-electron chi connectivity index (χ3n) is 7.12. The molecule has 3 aromatic rings. The molecule has 180 valence electrons. The largest absolute Gasteiger partial charge is 0.508 e. The van der Waals surface area contributed by atoms with Gasteiger partial charge >= 0.3 is 0 Å². The van der Waals surface area contributed by atoms with E-state index in [1.54, 1.807) is 12.1 Å². The fraction of sp³-hybridized carbons (Fsp3) is 0.323. The summed E-state index contributed by atoms with van der Waals surface area (Å²) in [7, 11) is 0.